The van der Waals surface area contributed by atoms with E-state index in [-0.39, 0.29) is 11.6 Å². The number of rotatable bonds is 6. The molecule has 3 rings (SSSR count). The van der Waals surface area contributed by atoms with Crippen molar-refractivity contribution in [3.8, 4) is 5.75 Å². The average molecular weight is 348 g/mol. The third kappa shape index (κ3) is 4.36. The largest absolute Gasteiger partial charge is 0.492 e. The van der Waals surface area contributed by atoms with Gasteiger partial charge in [0.1, 0.15) is 11.4 Å². The highest BCUT2D eigenvalue weighted by molar-refractivity contribution is 6.03. The van der Waals surface area contributed by atoms with Crippen LogP contribution in [-0.2, 0) is 0 Å². The Labute approximate surface area is 152 Å². The van der Waals surface area contributed by atoms with Crippen LogP contribution in [0.5, 0.6) is 5.75 Å². The number of carbonyl (C=O) groups excluding carboxylic acids is 1. The van der Waals surface area contributed by atoms with Crippen molar-refractivity contribution in [2.45, 2.75) is 13.8 Å². The molecule has 0 saturated heterocycles. The lowest BCUT2D eigenvalue weighted by molar-refractivity contribution is 0.102. The molecule has 0 aliphatic rings. The molecule has 132 valence electrons. The summed E-state index contributed by atoms with van der Waals surface area (Å²) in [5.41, 5.74) is 2.89. The molecule has 0 unspecified atom stereocenters. The Morgan fingerprint density at radius 3 is 2.62 bits per heavy atom. The molecule has 0 aliphatic carbocycles. The number of hydrogen-bond acceptors (Lipinski definition) is 5. The lowest BCUT2D eigenvalue weighted by Crippen LogP contribution is -2.15. The van der Waals surface area contributed by atoms with E-state index in [0.29, 0.717) is 24.0 Å². The van der Waals surface area contributed by atoms with Crippen LogP contribution in [0.15, 0.2) is 60.8 Å². The molecule has 0 spiro atoms. The molecule has 6 nitrogen and oxygen atoms in total. The van der Waals surface area contributed by atoms with E-state index < -0.39 is 0 Å². The molecule has 0 aliphatic heterocycles. The summed E-state index contributed by atoms with van der Waals surface area (Å²) in [6.45, 7) is 4.43. The smallest absolute Gasteiger partial charge is 0.274 e. The number of ether oxygens (including phenoxy) is 1. The van der Waals surface area contributed by atoms with Gasteiger partial charge in [-0.05, 0) is 44.2 Å². The second kappa shape index (κ2) is 8.11. The minimum Gasteiger partial charge on any atom is -0.492 e. The SMILES string of the molecule is CCOc1ccccc1NC(=O)c1ccnc(Nc2ccc(C)cc2)n1. The molecule has 0 atom stereocenters. The topological polar surface area (TPSA) is 76.1 Å². The highest BCUT2D eigenvalue weighted by Crippen LogP contribution is 2.24. The summed E-state index contributed by atoms with van der Waals surface area (Å²) in [5.74, 6) is 0.654. The first-order chi connectivity index (χ1) is 12.7. The van der Waals surface area contributed by atoms with Crippen LogP contribution < -0.4 is 15.4 Å². The normalized spacial score (nSPS) is 10.2. The molecule has 1 aromatic heterocycles. The predicted molar refractivity (Wildman–Crippen MR) is 102 cm³/mol. The van der Waals surface area contributed by atoms with Crippen LogP contribution in [0.3, 0.4) is 0 Å². The van der Waals surface area contributed by atoms with Crippen molar-refractivity contribution < 1.29 is 9.53 Å². The minimum atomic E-state index is -0.327. The van der Waals surface area contributed by atoms with Gasteiger partial charge in [0.25, 0.3) is 5.91 Å². The number of aryl methyl sites for hydroxylation is 1. The number of carbonyl (C=O) groups is 1. The first-order valence-corrected chi connectivity index (χ1v) is 8.35. The summed E-state index contributed by atoms with van der Waals surface area (Å²) in [5, 5.41) is 5.92. The van der Waals surface area contributed by atoms with Crippen molar-refractivity contribution in [2.24, 2.45) is 0 Å². The van der Waals surface area contributed by atoms with Crippen LogP contribution in [-0.4, -0.2) is 22.5 Å². The highest BCUT2D eigenvalue weighted by Gasteiger charge is 2.12. The molecule has 2 N–H and O–H groups in total. The Morgan fingerprint density at radius 1 is 1.08 bits per heavy atom. The Kier molecular flexibility index (Phi) is 5.43. The number of anilines is 3. The standard InChI is InChI=1S/C20H20N4O2/c1-3-26-18-7-5-4-6-16(18)23-19(25)17-12-13-21-20(24-17)22-15-10-8-14(2)9-11-15/h4-13H,3H2,1-2H3,(H,23,25)(H,21,22,24). The van der Waals surface area contributed by atoms with E-state index >= 15 is 0 Å². The number of para-hydroxylation sites is 2. The van der Waals surface area contributed by atoms with E-state index in [4.69, 9.17) is 4.74 Å². The molecule has 0 bridgehead atoms. The van der Waals surface area contributed by atoms with Crippen molar-refractivity contribution in [3.05, 3.63) is 72.1 Å². The van der Waals surface area contributed by atoms with Gasteiger partial charge in [-0.25, -0.2) is 9.97 Å². The maximum atomic E-state index is 12.5. The fourth-order valence-electron chi connectivity index (χ4n) is 2.35. The van der Waals surface area contributed by atoms with Gasteiger partial charge in [-0.1, -0.05) is 29.8 Å². The molecule has 0 radical (unpaired) electrons. The first kappa shape index (κ1) is 17.4. The van der Waals surface area contributed by atoms with E-state index in [9.17, 15) is 4.79 Å². The molecule has 0 fully saturated rings. The van der Waals surface area contributed by atoms with Crippen LogP contribution in [0.2, 0.25) is 0 Å². The van der Waals surface area contributed by atoms with Gasteiger partial charge in [0.05, 0.1) is 12.3 Å². The van der Waals surface area contributed by atoms with Gasteiger partial charge in [0, 0.05) is 11.9 Å². The predicted octanol–water partition coefficient (Wildman–Crippen LogP) is 4.18. The molecule has 0 saturated carbocycles. The number of nitrogens with one attached hydrogen (secondary N) is 2. The fourth-order valence-corrected chi connectivity index (χ4v) is 2.35. The van der Waals surface area contributed by atoms with Gasteiger partial charge < -0.3 is 15.4 Å². The van der Waals surface area contributed by atoms with Gasteiger partial charge in [0.15, 0.2) is 0 Å². The van der Waals surface area contributed by atoms with Gasteiger partial charge >= 0.3 is 0 Å². The monoisotopic (exact) mass is 348 g/mol. The maximum Gasteiger partial charge on any atom is 0.274 e. The molecule has 3 aromatic rings. The van der Waals surface area contributed by atoms with Crippen molar-refractivity contribution in [1.29, 1.82) is 0 Å². The maximum absolute atomic E-state index is 12.5. The lowest BCUT2D eigenvalue weighted by atomic mass is 10.2. The second-order valence-corrected chi connectivity index (χ2v) is 5.64. The summed E-state index contributed by atoms with van der Waals surface area (Å²) >= 11 is 0. The van der Waals surface area contributed by atoms with Crippen LogP contribution in [0.1, 0.15) is 23.0 Å². The van der Waals surface area contributed by atoms with Crippen molar-refractivity contribution >= 4 is 23.2 Å². The molecular weight excluding hydrogens is 328 g/mol. The third-order valence-electron chi connectivity index (χ3n) is 3.63. The molecule has 26 heavy (non-hydrogen) atoms. The van der Waals surface area contributed by atoms with Gasteiger partial charge in [-0.2, -0.15) is 0 Å². The van der Waals surface area contributed by atoms with Crippen LogP contribution in [0.25, 0.3) is 0 Å². The van der Waals surface area contributed by atoms with Crippen molar-refractivity contribution in [3.63, 3.8) is 0 Å². The molecular formula is C20H20N4O2. The Hall–Kier alpha value is -3.41. The van der Waals surface area contributed by atoms with E-state index in [0.717, 1.165) is 11.3 Å². The summed E-state index contributed by atoms with van der Waals surface area (Å²) < 4.78 is 5.53. The molecule has 2 aromatic carbocycles. The van der Waals surface area contributed by atoms with Gasteiger partial charge in [0.2, 0.25) is 5.95 Å². The summed E-state index contributed by atoms with van der Waals surface area (Å²) in [7, 11) is 0. The minimum absolute atomic E-state index is 0.265. The Bertz CT molecular complexity index is 894. The van der Waals surface area contributed by atoms with Crippen molar-refractivity contribution in [2.75, 3.05) is 17.2 Å². The number of amides is 1. The van der Waals surface area contributed by atoms with Gasteiger partial charge in [-0.15, -0.1) is 0 Å². The zero-order chi connectivity index (χ0) is 18.4. The molecule has 6 heteroatoms. The average Bonchev–Trinajstić information content (AvgIpc) is 2.66. The lowest BCUT2D eigenvalue weighted by Gasteiger charge is -2.11. The third-order valence-corrected chi connectivity index (χ3v) is 3.63. The summed E-state index contributed by atoms with van der Waals surface area (Å²) in [6, 6.07) is 16.7. The van der Waals surface area contributed by atoms with E-state index in [1.807, 2.05) is 56.3 Å². The van der Waals surface area contributed by atoms with E-state index in [2.05, 4.69) is 20.6 Å². The number of benzene rings is 2. The number of hydrogen-bond donors (Lipinski definition) is 2. The van der Waals surface area contributed by atoms with E-state index in [1.165, 1.54) is 0 Å². The number of aromatic nitrogens is 2. The second-order valence-electron chi connectivity index (χ2n) is 5.64. The van der Waals surface area contributed by atoms with Crippen LogP contribution >= 0.6 is 0 Å². The quantitative estimate of drug-likeness (QED) is 0.699. The first-order valence-electron chi connectivity index (χ1n) is 8.35. The fraction of sp³-hybridized carbons (Fsp3) is 0.150. The summed E-state index contributed by atoms with van der Waals surface area (Å²) in [4.78, 5) is 21.0. The molecule has 1 amide bonds. The van der Waals surface area contributed by atoms with E-state index in [1.54, 1.807) is 18.3 Å². The zero-order valence-electron chi connectivity index (χ0n) is 14.7. The number of nitrogens with zero attached hydrogens (tertiary/aromatic N) is 2. The van der Waals surface area contributed by atoms with Crippen LogP contribution in [0, 0.1) is 6.92 Å². The zero-order valence-corrected chi connectivity index (χ0v) is 14.7. The van der Waals surface area contributed by atoms with Crippen LogP contribution in [0.4, 0.5) is 17.3 Å². The van der Waals surface area contributed by atoms with Gasteiger partial charge in [-0.3, -0.25) is 4.79 Å². The Morgan fingerprint density at radius 2 is 1.85 bits per heavy atom. The van der Waals surface area contributed by atoms with Crippen molar-refractivity contribution in [1.82, 2.24) is 9.97 Å². The molecule has 1 heterocycles. The highest BCUT2D eigenvalue weighted by atomic mass is 16.5. The summed E-state index contributed by atoms with van der Waals surface area (Å²) in [6.07, 6.45) is 1.55. The Balaban J connectivity index is 1.75.